The quantitative estimate of drug-likeness (QED) is 0.786. The summed E-state index contributed by atoms with van der Waals surface area (Å²) in [5.41, 5.74) is 1.04. The lowest BCUT2D eigenvalue weighted by Gasteiger charge is -2.01. The number of nitrogens with one attached hydrogen (secondary N) is 1. The Morgan fingerprint density at radius 2 is 2.14 bits per heavy atom. The van der Waals surface area contributed by atoms with Crippen molar-refractivity contribution in [2.45, 2.75) is 38.0 Å². The second-order valence-corrected chi connectivity index (χ2v) is 4.54. The second-order valence-electron chi connectivity index (χ2n) is 4.54. The van der Waals surface area contributed by atoms with E-state index in [2.05, 4.69) is 9.97 Å². The van der Waals surface area contributed by atoms with E-state index in [0.29, 0.717) is 5.92 Å². The maximum atomic E-state index is 11.3. The third kappa shape index (κ3) is 1.72. The predicted octanol–water partition coefficient (Wildman–Crippen LogP) is 1.60. The van der Waals surface area contributed by atoms with Gasteiger partial charge in [-0.3, -0.25) is 4.79 Å². The van der Waals surface area contributed by atoms with Crippen LogP contribution < -0.4 is 5.56 Å². The minimum absolute atomic E-state index is 0.0255. The van der Waals surface area contributed by atoms with Crippen molar-refractivity contribution in [3.8, 4) is 0 Å². The summed E-state index contributed by atoms with van der Waals surface area (Å²) in [7, 11) is 0. The molecule has 0 radical (unpaired) electrons. The van der Waals surface area contributed by atoms with Gasteiger partial charge in [-0.2, -0.15) is 0 Å². The lowest BCUT2D eigenvalue weighted by molar-refractivity contribution is 0.749. The number of nitrogens with zero attached hydrogens (tertiary/aromatic N) is 1. The number of aromatic amines is 1. The Morgan fingerprint density at radius 1 is 1.36 bits per heavy atom. The highest BCUT2D eigenvalue weighted by Crippen LogP contribution is 2.38. The average Bonchev–Trinajstić information content (AvgIpc) is 2.99. The SMILES string of the molecule is O=c1cc(C2CC2)nc(CC2CC2)[nH]1. The first-order valence-corrected chi connectivity index (χ1v) is 5.41. The zero-order valence-electron chi connectivity index (χ0n) is 8.12. The molecule has 1 heterocycles. The van der Waals surface area contributed by atoms with Gasteiger partial charge < -0.3 is 4.98 Å². The fourth-order valence-corrected chi connectivity index (χ4v) is 1.81. The highest BCUT2D eigenvalue weighted by molar-refractivity contribution is 5.14. The van der Waals surface area contributed by atoms with Gasteiger partial charge in [-0.05, 0) is 31.6 Å². The van der Waals surface area contributed by atoms with Crippen LogP contribution in [0.3, 0.4) is 0 Å². The summed E-state index contributed by atoms with van der Waals surface area (Å²) in [6, 6.07) is 1.66. The summed E-state index contributed by atoms with van der Waals surface area (Å²) in [6.07, 6.45) is 5.99. The minimum Gasteiger partial charge on any atom is -0.311 e. The van der Waals surface area contributed by atoms with Crippen molar-refractivity contribution in [1.82, 2.24) is 9.97 Å². The molecule has 2 saturated carbocycles. The molecule has 1 aromatic rings. The van der Waals surface area contributed by atoms with Gasteiger partial charge in [-0.25, -0.2) is 4.98 Å². The molecule has 1 N–H and O–H groups in total. The number of aromatic nitrogens is 2. The zero-order chi connectivity index (χ0) is 9.54. The van der Waals surface area contributed by atoms with Gasteiger partial charge in [0, 0.05) is 18.4 Å². The average molecular weight is 190 g/mol. The summed E-state index contributed by atoms with van der Waals surface area (Å²) in [4.78, 5) is 18.7. The van der Waals surface area contributed by atoms with Gasteiger partial charge >= 0.3 is 0 Å². The maximum absolute atomic E-state index is 11.3. The predicted molar refractivity (Wildman–Crippen MR) is 53.3 cm³/mol. The van der Waals surface area contributed by atoms with Crippen LogP contribution in [0.2, 0.25) is 0 Å². The molecule has 3 rings (SSSR count). The number of H-pyrrole nitrogens is 1. The molecule has 14 heavy (non-hydrogen) atoms. The van der Waals surface area contributed by atoms with Crippen molar-refractivity contribution in [1.29, 1.82) is 0 Å². The van der Waals surface area contributed by atoms with E-state index in [-0.39, 0.29) is 5.56 Å². The number of rotatable bonds is 3. The molecule has 3 heteroatoms. The Bertz CT molecular complexity index is 402. The lowest BCUT2D eigenvalue weighted by Crippen LogP contribution is -2.12. The lowest BCUT2D eigenvalue weighted by atomic mass is 10.2. The first kappa shape index (κ1) is 8.21. The summed E-state index contributed by atoms with van der Waals surface area (Å²) < 4.78 is 0. The van der Waals surface area contributed by atoms with Crippen LogP contribution in [0.5, 0.6) is 0 Å². The van der Waals surface area contributed by atoms with Crippen LogP contribution in [0, 0.1) is 5.92 Å². The normalized spacial score (nSPS) is 21.1. The van der Waals surface area contributed by atoms with Crippen LogP contribution in [-0.4, -0.2) is 9.97 Å². The topological polar surface area (TPSA) is 45.8 Å². The Labute approximate surface area is 82.6 Å². The van der Waals surface area contributed by atoms with Crippen LogP contribution in [0.4, 0.5) is 0 Å². The first-order valence-electron chi connectivity index (χ1n) is 5.41. The monoisotopic (exact) mass is 190 g/mol. The molecule has 0 amide bonds. The molecule has 0 unspecified atom stereocenters. The molecular weight excluding hydrogens is 176 g/mol. The van der Waals surface area contributed by atoms with Crippen molar-refractivity contribution in [2.24, 2.45) is 5.92 Å². The van der Waals surface area contributed by atoms with Gasteiger partial charge in [-0.15, -0.1) is 0 Å². The molecule has 0 bridgehead atoms. The smallest absolute Gasteiger partial charge is 0.251 e. The van der Waals surface area contributed by atoms with Crippen molar-refractivity contribution in [2.75, 3.05) is 0 Å². The molecule has 2 aliphatic rings. The van der Waals surface area contributed by atoms with Crippen LogP contribution >= 0.6 is 0 Å². The van der Waals surface area contributed by atoms with Gasteiger partial charge in [0.25, 0.3) is 5.56 Å². The Balaban J connectivity index is 1.89. The van der Waals surface area contributed by atoms with E-state index in [1.165, 1.54) is 25.7 Å². The second kappa shape index (κ2) is 2.94. The summed E-state index contributed by atoms with van der Waals surface area (Å²) in [5.74, 6) is 2.27. The number of hydrogen-bond acceptors (Lipinski definition) is 2. The van der Waals surface area contributed by atoms with Crippen LogP contribution in [-0.2, 0) is 6.42 Å². The van der Waals surface area contributed by atoms with E-state index >= 15 is 0 Å². The summed E-state index contributed by atoms with van der Waals surface area (Å²) in [6.45, 7) is 0. The molecular formula is C11H14N2O. The highest BCUT2D eigenvalue weighted by atomic mass is 16.1. The molecule has 2 aliphatic carbocycles. The van der Waals surface area contributed by atoms with Crippen LogP contribution in [0.15, 0.2) is 10.9 Å². The van der Waals surface area contributed by atoms with E-state index in [1.807, 2.05) is 0 Å². The molecule has 0 saturated heterocycles. The molecule has 74 valence electrons. The van der Waals surface area contributed by atoms with Crippen LogP contribution in [0.1, 0.15) is 43.1 Å². The van der Waals surface area contributed by atoms with Crippen molar-refractivity contribution >= 4 is 0 Å². The Hall–Kier alpha value is -1.12. The van der Waals surface area contributed by atoms with Crippen molar-refractivity contribution in [3.63, 3.8) is 0 Å². The molecule has 3 nitrogen and oxygen atoms in total. The summed E-state index contributed by atoms with van der Waals surface area (Å²) >= 11 is 0. The maximum Gasteiger partial charge on any atom is 0.251 e. The van der Waals surface area contributed by atoms with Crippen LogP contribution in [0.25, 0.3) is 0 Å². The van der Waals surface area contributed by atoms with E-state index in [9.17, 15) is 4.79 Å². The number of hydrogen-bond donors (Lipinski definition) is 1. The molecule has 2 fully saturated rings. The Morgan fingerprint density at radius 3 is 2.79 bits per heavy atom. The van der Waals surface area contributed by atoms with E-state index < -0.39 is 0 Å². The molecule has 0 aliphatic heterocycles. The highest BCUT2D eigenvalue weighted by Gasteiger charge is 2.27. The van der Waals surface area contributed by atoms with Gasteiger partial charge in [0.15, 0.2) is 0 Å². The van der Waals surface area contributed by atoms with Gasteiger partial charge in [0.1, 0.15) is 5.82 Å². The van der Waals surface area contributed by atoms with E-state index in [0.717, 1.165) is 23.9 Å². The molecule has 0 aromatic carbocycles. The Kier molecular flexibility index (Phi) is 1.72. The standard InChI is InChI=1S/C11H14N2O/c14-11-6-9(8-3-4-8)12-10(13-11)5-7-1-2-7/h6-8H,1-5H2,(H,12,13,14). The van der Waals surface area contributed by atoms with Crippen molar-refractivity contribution in [3.05, 3.63) is 27.9 Å². The van der Waals surface area contributed by atoms with Gasteiger partial charge in [0.2, 0.25) is 0 Å². The van der Waals surface area contributed by atoms with E-state index in [4.69, 9.17) is 0 Å². The largest absolute Gasteiger partial charge is 0.311 e. The third-order valence-electron chi connectivity index (χ3n) is 2.99. The fourth-order valence-electron chi connectivity index (χ4n) is 1.81. The van der Waals surface area contributed by atoms with Crippen molar-refractivity contribution < 1.29 is 0 Å². The van der Waals surface area contributed by atoms with E-state index in [1.54, 1.807) is 6.07 Å². The molecule has 1 aromatic heterocycles. The third-order valence-corrected chi connectivity index (χ3v) is 2.99. The zero-order valence-corrected chi connectivity index (χ0v) is 8.12. The van der Waals surface area contributed by atoms with Gasteiger partial charge in [-0.1, -0.05) is 0 Å². The molecule has 0 atom stereocenters. The summed E-state index contributed by atoms with van der Waals surface area (Å²) in [5, 5.41) is 0. The fraction of sp³-hybridized carbons (Fsp3) is 0.636. The minimum atomic E-state index is 0.0255. The first-order chi connectivity index (χ1) is 6.81. The van der Waals surface area contributed by atoms with Gasteiger partial charge in [0.05, 0.1) is 5.69 Å². The molecule has 0 spiro atoms.